The molecule has 0 saturated heterocycles. The summed E-state index contributed by atoms with van der Waals surface area (Å²) < 4.78 is 5.99. The second kappa shape index (κ2) is 5.44. The van der Waals surface area contributed by atoms with E-state index in [1.165, 1.54) is 23.3 Å². The molecule has 0 amide bonds. The highest BCUT2D eigenvalue weighted by atomic mass is 16.6. The molecule has 0 spiro atoms. The van der Waals surface area contributed by atoms with Crippen LogP contribution in [0.2, 0.25) is 0 Å². The number of hydrogen-bond donors (Lipinski definition) is 1. The van der Waals surface area contributed by atoms with E-state index in [9.17, 15) is 10.1 Å². The van der Waals surface area contributed by atoms with Gasteiger partial charge in [-0.3, -0.25) is 10.1 Å². The highest BCUT2D eigenvalue weighted by Gasteiger charge is 2.22. The van der Waals surface area contributed by atoms with Crippen molar-refractivity contribution in [3.8, 4) is 5.75 Å². The molecule has 5 nitrogen and oxygen atoms in total. The van der Waals surface area contributed by atoms with Gasteiger partial charge in [-0.1, -0.05) is 24.3 Å². The SMILES string of the molecule is Nc1cc(OC2CCCc3ccccc32)ccc1[N+](=O)[O-]. The summed E-state index contributed by atoms with van der Waals surface area (Å²) in [6.45, 7) is 0. The molecule has 0 heterocycles. The lowest BCUT2D eigenvalue weighted by molar-refractivity contribution is -0.383. The van der Waals surface area contributed by atoms with Crippen LogP contribution >= 0.6 is 0 Å². The maximum absolute atomic E-state index is 10.8. The van der Waals surface area contributed by atoms with Gasteiger partial charge in [-0.25, -0.2) is 0 Å². The summed E-state index contributed by atoms with van der Waals surface area (Å²) in [7, 11) is 0. The van der Waals surface area contributed by atoms with Crippen molar-refractivity contribution in [2.24, 2.45) is 0 Å². The fraction of sp³-hybridized carbons (Fsp3) is 0.250. The van der Waals surface area contributed by atoms with Gasteiger partial charge < -0.3 is 10.5 Å². The van der Waals surface area contributed by atoms with Gasteiger partial charge in [-0.2, -0.15) is 0 Å². The Labute approximate surface area is 122 Å². The van der Waals surface area contributed by atoms with Crippen molar-refractivity contribution in [3.63, 3.8) is 0 Å². The Kier molecular flexibility index (Phi) is 3.48. The van der Waals surface area contributed by atoms with Gasteiger partial charge in [-0.15, -0.1) is 0 Å². The summed E-state index contributed by atoms with van der Waals surface area (Å²) in [5.41, 5.74) is 8.24. The molecule has 1 atom stereocenters. The number of rotatable bonds is 3. The van der Waals surface area contributed by atoms with Crippen molar-refractivity contribution in [3.05, 3.63) is 63.7 Å². The zero-order valence-corrected chi connectivity index (χ0v) is 11.5. The second-order valence-corrected chi connectivity index (χ2v) is 5.18. The maximum atomic E-state index is 10.8. The minimum absolute atomic E-state index is 0.0178. The number of benzene rings is 2. The summed E-state index contributed by atoms with van der Waals surface area (Å²) in [6.07, 6.45) is 3.06. The Bertz CT molecular complexity index is 685. The third kappa shape index (κ3) is 2.67. The molecular weight excluding hydrogens is 268 g/mol. The maximum Gasteiger partial charge on any atom is 0.292 e. The fourth-order valence-electron chi connectivity index (χ4n) is 2.77. The van der Waals surface area contributed by atoms with Crippen LogP contribution < -0.4 is 10.5 Å². The van der Waals surface area contributed by atoms with Crippen LogP contribution in [0.1, 0.15) is 30.1 Å². The molecule has 1 aliphatic carbocycles. The van der Waals surface area contributed by atoms with Gasteiger partial charge in [0.05, 0.1) is 4.92 Å². The smallest absolute Gasteiger partial charge is 0.292 e. The lowest BCUT2D eigenvalue weighted by atomic mass is 9.89. The number of hydrogen-bond acceptors (Lipinski definition) is 4. The van der Waals surface area contributed by atoms with Gasteiger partial charge in [0.2, 0.25) is 0 Å². The summed E-state index contributed by atoms with van der Waals surface area (Å²) in [4.78, 5) is 10.3. The Balaban J connectivity index is 1.85. The minimum Gasteiger partial charge on any atom is -0.486 e. The zero-order valence-electron chi connectivity index (χ0n) is 11.5. The van der Waals surface area contributed by atoms with E-state index in [0.717, 1.165) is 19.3 Å². The first-order valence-corrected chi connectivity index (χ1v) is 6.93. The van der Waals surface area contributed by atoms with E-state index >= 15 is 0 Å². The zero-order chi connectivity index (χ0) is 14.8. The number of nitrogen functional groups attached to an aromatic ring is 1. The van der Waals surface area contributed by atoms with E-state index in [-0.39, 0.29) is 17.5 Å². The van der Waals surface area contributed by atoms with Gasteiger partial charge >= 0.3 is 0 Å². The highest BCUT2D eigenvalue weighted by Crippen LogP contribution is 2.35. The molecule has 5 heteroatoms. The Morgan fingerprint density at radius 2 is 2.05 bits per heavy atom. The normalized spacial score (nSPS) is 17.0. The van der Waals surface area contributed by atoms with Crippen molar-refractivity contribution < 1.29 is 9.66 Å². The number of nitro groups is 1. The topological polar surface area (TPSA) is 78.4 Å². The quantitative estimate of drug-likeness (QED) is 0.530. The summed E-state index contributed by atoms with van der Waals surface area (Å²) >= 11 is 0. The molecule has 0 aliphatic heterocycles. The third-order valence-corrected chi connectivity index (χ3v) is 3.79. The number of nitro benzene ring substituents is 1. The van der Waals surface area contributed by atoms with Crippen molar-refractivity contribution in [1.29, 1.82) is 0 Å². The van der Waals surface area contributed by atoms with Crippen LogP contribution in [-0.2, 0) is 6.42 Å². The monoisotopic (exact) mass is 284 g/mol. The molecule has 3 rings (SSSR count). The molecular formula is C16H16N2O3. The summed E-state index contributed by atoms with van der Waals surface area (Å²) in [5.74, 6) is 0.569. The minimum atomic E-state index is -0.491. The molecule has 0 bridgehead atoms. The van der Waals surface area contributed by atoms with Crippen LogP contribution in [0, 0.1) is 10.1 Å². The van der Waals surface area contributed by atoms with Gasteiger partial charge in [0.1, 0.15) is 17.5 Å². The largest absolute Gasteiger partial charge is 0.486 e. The van der Waals surface area contributed by atoms with Gasteiger partial charge in [-0.05, 0) is 36.5 Å². The first kappa shape index (κ1) is 13.4. The van der Waals surface area contributed by atoms with Crippen LogP contribution in [0.15, 0.2) is 42.5 Å². The average molecular weight is 284 g/mol. The molecule has 0 aromatic heterocycles. The number of fused-ring (bicyclic) bond motifs is 1. The predicted octanol–water partition coefficient (Wildman–Crippen LogP) is 3.63. The number of nitrogens with two attached hydrogens (primary N) is 1. The Morgan fingerprint density at radius 1 is 1.24 bits per heavy atom. The molecule has 1 aliphatic rings. The lowest BCUT2D eigenvalue weighted by Crippen LogP contribution is -2.15. The number of aryl methyl sites for hydroxylation is 1. The van der Waals surface area contributed by atoms with Crippen molar-refractivity contribution in [2.45, 2.75) is 25.4 Å². The van der Waals surface area contributed by atoms with E-state index in [1.54, 1.807) is 6.07 Å². The molecule has 0 radical (unpaired) electrons. The fourth-order valence-corrected chi connectivity index (χ4v) is 2.77. The van der Waals surface area contributed by atoms with E-state index in [4.69, 9.17) is 10.5 Å². The van der Waals surface area contributed by atoms with Crippen molar-refractivity contribution >= 4 is 11.4 Å². The van der Waals surface area contributed by atoms with Crippen LogP contribution in [-0.4, -0.2) is 4.92 Å². The number of nitrogens with zero attached hydrogens (tertiary/aromatic N) is 1. The van der Waals surface area contributed by atoms with Gasteiger partial charge in [0.15, 0.2) is 0 Å². The molecule has 2 N–H and O–H groups in total. The molecule has 0 saturated carbocycles. The van der Waals surface area contributed by atoms with Crippen LogP contribution in [0.25, 0.3) is 0 Å². The number of anilines is 1. The lowest BCUT2D eigenvalue weighted by Gasteiger charge is -2.26. The average Bonchev–Trinajstić information content (AvgIpc) is 2.47. The molecule has 0 fully saturated rings. The van der Waals surface area contributed by atoms with Crippen molar-refractivity contribution in [2.75, 3.05) is 5.73 Å². The molecule has 108 valence electrons. The highest BCUT2D eigenvalue weighted by molar-refractivity contribution is 5.60. The molecule has 2 aromatic carbocycles. The Hall–Kier alpha value is -2.56. The van der Waals surface area contributed by atoms with Gasteiger partial charge in [0, 0.05) is 12.1 Å². The first-order chi connectivity index (χ1) is 10.1. The Morgan fingerprint density at radius 3 is 2.81 bits per heavy atom. The van der Waals surface area contributed by atoms with E-state index in [2.05, 4.69) is 12.1 Å². The van der Waals surface area contributed by atoms with Gasteiger partial charge in [0.25, 0.3) is 5.69 Å². The predicted molar refractivity (Wildman–Crippen MR) is 80.3 cm³/mol. The van der Waals surface area contributed by atoms with E-state index < -0.39 is 4.92 Å². The standard InChI is InChI=1S/C16H16N2O3/c17-14-10-12(8-9-15(14)18(19)20)21-16-7-3-5-11-4-1-2-6-13(11)16/h1-2,4,6,8-10,16H,3,5,7,17H2. The van der Waals surface area contributed by atoms with Crippen LogP contribution in [0.5, 0.6) is 5.75 Å². The second-order valence-electron chi connectivity index (χ2n) is 5.18. The summed E-state index contributed by atoms with van der Waals surface area (Å²) in [6, 6.07) is 12.7. The molecule has 2 aromatic rings. The molecule has 1 unspecified atom stereocenters. The molecule has 21 heavy (non-hydrogen) atoms. The van der Waals surface area contributed by atoms with E-state index in [1.807, 2.05) is 12.1 Å². The van der Waals surface area contributed by atoms with E-state index in [0.29, 0.717) is 5.75 Å². The van der Waals surface area contributed by atoms with Crippen molar-refractivity contribution in [1.82, 2.24) is 0 Å². The third-order valence-electron chi connectivity index (χ3n) is 3.79. The van der Waals surface area contributed by atoms with Crippen LogP contribution in [0.4, 0.5) is 11.4 Å². The summed E-state index contributed by atoms with van der Waals surface area (Å²) in [5, 5.41) is 10.8. The first-order valence-electron chi connectivity index (χ1n) is 6.93. The number of ether oxygens (including phenoxy) is 1. The van der Waals surface area contributed by atoms with Crippen LogP contribution in [0.3, 0.4) is 0 Å².